The number of hydrogen-bond donors (Lipinski definition) is 0. The average Bonchev–Trinajstić information content (AvgIpc) is 2.18. The molecule has 1 aliphatic carbocycles. The van der Waals surface area contributed by atoms with Crippen LogP contribution in [0.5, 0.6) is 0 Å². The van der Waals surface area contributed by atoms with E-state index in [0.717, 1.165) is 11.8 Å². The first-order chi connectivity index (χ1) is 6.27. The summed E-state index contributed by atoms with van der Waals surface area (Å²) in [5, 5.41) is 0. The van der Waals surface area contributed by atoms with Crippen LogP contribution in [0.4, 0.5) is 0 Å². The highest BCUT2D eigenvalue weighted by atomic mass is 14.3. The van der Waals surface area contributed by atoms with Crippen molar-refractivity contribution in [2.45, 2.75) is 45.4 Å². The molecule has 0 atom stereocenters. The topological polar surface area (TPSA) is 0 Å². The van der Waals surface area contributed by atoms with Gasteiger partial charge in [-0.3, -0.25) is 0 Å². The van der Waals surface area contributed by atoms with E-state index in [-0.39, 0.29) is 0 Å². The maximum Gasteiger partial charge on any atom is -0.0168 e. The van der Waals surface area contributed by atoms with Crippen molar-refractivity contribution in [2.24, 2.45) is 11.8 Å². The van der Waals surface area contributed by atoms with Gasteiger partial charge in [0.25, 0.3) is 0 Å². The highest BCUT2D eigenvalue weighted by molar-refractivity contribution is 5.15. The van der Waals surface area contributed by atoms with E-state index in [1.54, 1.807) is 0 Å². The van der Waals surface area contributed by atoms with Crippen molar-refractivity contribution in [3.05, 3.63) is 24.8 Å². The summed E-state index contributed by atoms with van der Waals surface area (Å²) in [5.74, 6) is 1.74. The molecule has 1 rings (SSSR count). The van der Waals surface area contributed by atoms with Gasteiger partial charge in [0.05, 0.1) is 0 Å². The molecule has 0 heteroatoms. The zero-order valence-corrected chi connectivity index (χ0v) is 8.89. The fraction of sp³-hybridized carbons (Fsp3) is 0.692. The van der Waals surface area contributed by atoms with E-state index in [2.05, 4.69) is 20.1 Å². The molecule has 0 aromatic heterocycles. The second kappa shape index (κ2) is 5.26. The molecule has 0 radical (unpaired) electrons. The highest BCUT2D eigenvalue weighted by Gasteiger charge is 2.20. The summed E-state index contributed by atoms with van der Waals surface area (Å²) in [6.45, 7) is 10.1. The first-order valence-electron chi connectivity index (χ1n) is 5.59. The van der Waals surface area contributed by atoms with E-state index in [1.807, 2.05) is 6.08 Å². The van der Waals surface area contributed by atoms with E-state index in [4.69, 9.17) is 0 Å². The normalized spacial score (nSPS) is 28.4. The van der Waals surface area contributed by atoms with Crippen molar-refractivity contribution in [1.29, 1.82) is 0 Å². The minimum atomic E-state index is 0.741. The second-order valence-electron chi connectivity index (χ2n) is 4.29. The van der Waals surface area contributed by atoms with Crippen LogP contribution in [0.3, 0.4) is 0 Å². The summed E-state index contributed by atoms with van der Waals surface area (Å²) in [7, 11) is 0. The lowest BCUT2D eigenvalue weighted by molar-refractivity contribution is 0.289. The number of rotatable bonds is 4. The Labute approximate surface area is 82.7 Å². The Hall–Kier alpha value is -0.520. The molecule has 0 amide bonds. The lowest BCUT2D eigenvalue weighted by Gasteiger charge is -2.28. The molecule has 13 heavy (non-hydrogen) atoms. The molecule has 1 fully saturated rings. The van der Waals surface area contributed by atoms with Crippen LogP contribution in [-0.4, -0.2) is 0 Å². The third-order valence-corrected chi connectivity index (χ3v) is 3.33. The lowest BCUT2D eigenvalue weighted by Crippen LogP contribution is -2.15. The van der Waals surface area contributed by atoms with Crippen LogP contribution in [0.2, 0.25) is 0 Å². The molecule has 74 valence electrons. The molecule has 0 aromatic carbocycles. The van der Waals surface area contributed by atoms with E-state index in [0.29, 0.717) is 0 Å². The summed E-state index contributed by atoms with van der Waals surface area (Å²) in [4.78, 5) is 0. The van der Waals surface area contributed by atoms with Crippen LogP contribution in [0, 0.1) is 11.8 Å². The summed E-state index contributed by atoms with van der Waals surface area (Å²) in [5.41, 5.74) is 1.26. The zero-order valence-electron chi connectivity index (χ0n) is 8.89. The Bertz CT molecular complexity index is 170. The Kier molecular flexibility index (Phi) is 4.27. The standard InChI is InChI=1S/C13H22/c1-4-6-12-7-9-13(10-8-12)11(3)5-2/h5,12-13H,2-4,6-10H2,1H3. The Morgan fingerprint density at radius 3 is 2.38 bits per heavy atom. The predicted molar refractivity (Wildman–Crippen MR) is 59.7 cm³/mol. The van der Waals surface area contributed by atoms with Crippen molar-refractivity contribution >= 4 is 0 Å². The molecule has 0 unspecified atom stereocenters. The highest BCUT2D eigenvalue weighted by Crippen LogP contribution is 2.34. The van der Waals surface area contributed by atoms with Crippen LogP contribution in [0.25, 0.3) is 0 Å². The Morgan fingerprint density at radius 1 is 1.31 bits per heavy atom. The van der Waals surface area contributed by atoms with Gasteiger partial charge in [0.2, 0.25) is 0 Å². The molecular formula is C13H22. The monoisotopic (exact) mass is 178 g/mol. The largest absolute Gasteiger partial charge is 0.0988 e. The number of hydrogen-bond acceptors (Lipinski definition) is 0. The maximum absolute atomic E-state index is 4.05. The van der Waals surface area contributed by atoms with Crippen LogP contribution in [0.1, 0.15) is 45.4 Å². The van der Waals surface area contributed by atoms with Gasteiger partial charge in [-0.05, 0) is 37.5 Å². The van der Waals surface area contributed by atoms with Crippen LogP contribution in [-0.2, 0) is 0 Å². The molecule has 1 saturated carbocycles. The quantitative estimate of drug-likeness (QED) is 0.562. The first-order valence-corrected chi connectivity index (χ1v) is 5.59. The van der Waals surface area contributed by atoms with Crippen molar-refractivity contribution in [2.75, 3.05) is 0 Å². The molecule has 0 saturated heterocycles. The molecule has 0 N–H and O–H groups in total. The zero-order chi connectivity index (χ0) is 9.68. The summed E-state index contributed by atoms with van der Waals surface area (Å²) in [6, 6.07) is 0. The Morgan fingerprint density at radius 2 is 1.92 bits per heavy atom. The van der Waals surface area contributed by atoms with E-state index in [1.165, 1.54) is 44.1 Å². The third-order valence-electron chi connectivity index (χ3n) is 3.33. The maximum atomic E-state index is 4.05. The van der Waals surface area contributed by atoms with Gasteiger partial charge in [0.1, 0.15) is 0 Å². The van der Waals surface area contributed by atoms with Crippen molar-refractivity contribution in [3.8, 4) is 0 Å². The van der Waals surface area contributed by atoms with Gasteiger partial charge >= 0.3 is 0 Å². The van der Waals surface area contributed by atoms with Crippen LogP contribution >= 0.6 is 0 Å². The fourth-order valence-corrected chi connectivity index (χ4v) is 2.40. The summed E-state index contributed by atoms with van der Waals surface area (Å²) in [6.07, 6.45) is 10.2. The molecular weight excluding hydrogens is 156 g/mol. The summed E-state index contributed by atoms with van der Waals surface area (Å²) < 4.78 is 0. The molecule has 0 aromatic rings. The minimum absolute atomic E-state index is 0.741. The third kappa shape index (κ3) is 3.02. The SMILES string of the molecule is C=CC(=C)C1CCC(CCC)CC1. The van der Waals surface area contributed by atoms with Gasteiger partial charge in [-0.25, -0.2) is 0 Å². The average molecular weight is 178 g/mol. The second-order valence-corrected chi connectivity index (χ2v) is 4.29. The molecule has 0 bridgehead atoms. The Balaban J connectivity index is 2.30. The minimum Gasteiger partial charge on any atom is -0.0988 e. The van der Waals surface area contributed by atoms with Crippen molar-refractivity contribution in [1.82, 2.24) is 0 Å². The fourth-order valence-electron chi connectivity index (χ4n) is 2.40. The van der Waals surface area contributed by atoms with Crippen molar-refractivity contribution < 1.29 is 0 Å². The predicted octanol–water partition coefficient (Wildman–Crippen LogP) is 4.34. The van der Waals surface area contributed by atoms with Gasteiger partial charge in [-0.15, -0.1) is 0 Å². The molecule has 0 spiro atoms. The smallest absolute Gasteiger partial charge is 0.0168 e. The molecule has 1 aliphatic rings. The van der Waals surface area contributed by atoms with Gasteiger partial charge in [-0.2, -0.15) is 0 Å². The molecule has 0 heterocycles. The van der Waals surface area contributed by atoms with Crippen LogP contribution in [0.15, 0.2) is 24.8 Å². The number of allylic oxidation sites excluding steroid dienone is 2. The lowest BCUT2D eigenvalue weighted by atomic mass is 9.77. The van der Waals surface area contributed by atoms with Crippen molar-refractivity contribution in [3.63, 3.8) is 0 Å². The van der Waals surface area contributed by atoms with E-state index >= 15 is 0 Å². The van der Waals surface area contributed by atoms with E-state index < -0.39 is 0 Å². The molecule has 0 aliphatic heterocycles. The van der Waals surface area contributed by atoms with Gasteiger partial charge in [-0.1, -0.05) is 44.6 Å². The van der Waals surface area contributed by atoms with Gasteiger partial charge in [0.15, 0.2) is 0 Å². The van der Waals surface area contributed by atoms with Crippen LogP contribution < -0.4 is 0 Å². The van der Waals surface area contributed by atoms with Gasteiger partial charge < -0.3 is 0 Å². The molecule has 0 nitrogen and oxygen atoms in total. The van der Waals surface area contributed by atoms with E-state index in [9.17, 15) is 0 Å². The van der Waals surface area contributed by atoms with Gasteiger partial charge in [0, 0.05) is 0 Å². The first kappa shape index (κ1) is 10.6. The summed E-state index contributed by atoms with van der Waals surface area (Å²) >= 11 is 0.